The molecule has 0 spiro atoms. The minimum atomic E-state index is -0.276. The van der Waals surface area contributed by atoms with Gasteiger partial charge in [-0.15, -0.1) is 0 Å². The van der Waals surface area contributed by atoms with Crippen molar-refractivity contribution in [1.82, 2.24) is 24.0 Å². The topological polar surface area (TPSA) is 99.0 Å². The molecule has 1 aliphatic rings. The summed E-state index contributed by atoms with van der Waals surface area (Å²) in [6.45, 7) is 4.60. The van der Waals surface area contributed by atoms with Crippen LogP contribution in [0.2, 0.25) is 5.02 Å². The zero-order valence-corrected chi connectivity index (χ0v) is 15.8. The number of aromatic nitrogens is 4. The van der Waals surface area contributed by atoms with Crippen molar-refractivity contribution in [1.29, 1.82) is 0 Å². The monoisotopic (exact) mass is 398 g/mol. The third-order valence-electron chi connectivity index (χ3n) is 5.01. The molecule has 1 unspecified atom stereocenters. The summed E-state index contributed by atoms with van der Waals surface area (Å²) >= 11 is 5.99. The molecule has 2 aromatic heterocycles. The van der Waals surface area contributed by atoms with E-state index in [-0.39, 0.29) is 23.5 Å². The van der Waals surface area contributed by atoms with Crippen molar-refractivity contribution < 1.29 is 4.79 Å². The Kier molecular flexibility index (Phi) is 4.64. The number of benzene rings is 1. The van der Waals surface area contributed by atoms with Gasteiger partial charge < -0.3 is 10.6 Å². The number of imidazole rings is 1. The van der Waals surface area contributed by atoms with Crippen LogP contribution in [0.1, 0.15) is 18.9 Å². The van der Waals surface area contributed by atoms with Crippen LogP contribution in [0.5, 0.6) is 0 Å². The lowest BCUT2D eigenvalue weighted by atomic mass is 10.1. The second-order valence-corrected chi connectivity index (χ2v) is 7.12. The van der Waals surface area contributed by atoms with Crippen LogP contribution in [-0.2, 0) is 4.79 Å². The van der Waals surface area contributed by atoms with Crippen molar-refractivity contribution in [3.8, 4) is 5.69 Å². The van der Waals surface area contributed by atoms with Crippen LogP contribution in [-0.4, -0.2) is 43.0 Å². The summed E-state index contributed by atoms with van der Waals surface area (Å²) in [5.74, 6) is 0.0685. The minimum Gasteiger partial charge on any atom is -0.382 e. The van der Waals surface area contributed by atoms with Crippen LogP contribution < -0.4 is 11.4 Å². The first kappa shape index (κ1) is 18.2. The first-order chi connectivity index (χ1) is 13.5. The highest BCUT2D eigenvalue weighted by molar-refractivity contribution is 6.30. The molecule has 9 heteroatoms. The number of anilines is 1. The van der Waals surface area contributed by atoms with Crippen molar-refractivity contribution in [2.24, 2.45) is 0 Å². The zero-order valence-electron chi connectivity index (χ0n) is 15.1. The molecule has 8 nitrogen and oxygen atoms in total. The molecule has 1 amide bonds. The number of nitrogen functional groups attached to an aromatic ring is 1. The van der Waals surface area contributed by atoms with Crippen molar-refractivity contribution >= 4 is 34.5 Å². The molecule has 144 valence electrons. The summed E-state index contributed by atoms with van der Waals surface area (Å²) < 4.78 is 3.11. The molecular formula is C19H19ClN6O2. The summed E-state index contributed by atoms with van der Waals surface area (Å²) in [4.78, 5) is 35.6. The number of nitrogens with two attached hydrogens (primary N) is 1. The average molecular weight is 399 g/mol. The molecule has 3 aromatic rings. The van der Waals surface area contributed by atoms with E-state index in [1.165, 1.54) is 17.0 Å². The van der Waals surface area contributed by atoms with Gasteiger partial charge in [0.05, 0.1) is 11.7 Å². The smallest absolute Gasteiger partial charge is 0.335 e. The van der Waals surface area contributed by atoms with Gasteiger partial charge in [0.25, 0.3) is 0 Å². The SMILES string of the molecule is C=CC(=O)N1CCCC(n2c(=O)n(-c3ccc(Cl)cc3)c3c(N)ncnc32)C1. The zero-order chi connectivity index (χ0) is 19.8. The molecule has 1 aliphatic heterocycles. The van der Waals surface area contributed by atoms with E-state index >= 15 is 0 Å². The number of amides is 1. The third-order valence-corrected chi connectivity index (χ3v) is 5.27. The van der Waals surface area contributed by atoms with Gasteiger partial charge in [0.2, 0.25) is 5.91 Å². The molecule has 1 atom stereocenters. The molecule has 2 N–H and O–H groups in total. The van der Waals surface area contributed by atoms with Crippen molar-refractivity contribution in [3.05, 3.63) is 58.8 Å². The molecule has 1 saturated heterocycles. The number of carbonyl (C=O) groups excluding carboxylic acids is 1. The highest BCUT2D eigenvalue weighted by Gasteiger charge is 2.29. The molecule has 0 saturated carbocycles. The molecule has 1 fully saturated rings. The van der Waals surface area contributed by atoms with Gasteiger partial charge in [0.1, 0.15) is 11.8 Å². The molecule has 28 heavy (non-hydrogen) atoms. The fraction of sp³-hybridized carbons (Fsp3) is 0.263. The standard InChI is InChI=1S/C19H19ClN6O2/c1-2-15(27)24-9-3-4-14(10-24)26-18-16(17(21)22-11-23-18)25(19(26)28)13-7-5-12(20)6-8-13/h2,5-8,11,14H,1,3-4,9-10H2,(H2,21,22,23). The molecule has 0 radical (unpaired) electrons. The Morgan fingerprint density at radius 1 is 1.29 bits per heavy atom. The van der Waals surface area contributed by atoms with E-state index in [4.69, 9.17) is 17.3 Å². The summed E-state index contributed by atoms with van der Waals surface area (Å²) in [6, 6.07) is 6.69. The molecule has 0 bridgehead atoms. The fourth-order valence-corrected chi connectivity index (χ4v) is 3.85. The Balaban J connectivity index is 1.90. The van der Waals surface area contributed by atoms with Gasteiger partial charge >= 0.3 is 5.69 Å². The molecule has 0 aliphatic carbocycles. The van der Waals surface area contributed by atoms with Crippen LogP contribution in [0.3, 0.4) is 0 Å². The van der Waals surface area contributed by atoms with Gasteiger partial charge in [0, 0.05) is 18.1 Å². The predicted octanol–water partition coefficient (Wildman–Crippen LogP) is 2.17. The minimum absolute atomic E-state index is 0.145. The van der Waals surface area contributed by atoms with Gasteiger partial charge in [-0.2, -0.15) is 0 Å². The number of carbonyl (C=O) groups is 1. The lowest BCUT2D eigenvalue weighted by molar-refractivity contribution is -0.127. The maximum atomic E-state index is 13.4. The van der Waals surface area contributed by atoms with Crippen LogP contribution >= 0.6 is 11.6 Å². The van der Waals surface area contributed by atoms with Crippen LogP contribution in [0, 0.1) is 0 Å². The number of rotatable bonds is 3. The largest absolute Gasteiger partial charge is 0.382 e. The van der Waals surface area contributed by atoms with E-state index in [0.29, 0.717) is 35.0 Å². The summed E-state index contributed by atoms with van der Waals surface area (Å²) in [7, 11) is 0. The highest BCUT2D eigenvalue weighted by atomic mass is 35.5. The quantitative estimate of drug-likeness (QED) is 0.681. The summed E-state index contributed by atoms with van der Waals surface area (Å²) in [5, 5.41) is 0.565. The summed E-state index contributed by atoms with van der Waals surface area (Å²) in [6.07, 6.45) is 4.17. The van der Waals surface area contributed by atoms with Gasteiger partial charge in [-0.1, -0.05) is 18.2 Å². The maximum Gasteiger partial charge on any atom is 0.335 e. The second-order valence-electron chi connectivity index (χ2n) is 6.68. The predicted molar refractivity (Wildman–Crippen MR) is 108 cm³/mol. The molecule has 4 rings (SSSR count). The molecule has 3 heterocycles. The average Bonchev–Trinajstić information content (AvgIpc) is 3.01. The Labute approximate surface area is 165 Å². The number of hydrogen-bond donors (Lipinski definition) is 1. The van der Waals surface area contributed by atoms with E-state index in [0.717, 1.165) is 12.8 Å². The highest BCUT2D eigenvalue weighted by Crippen LogP contribution is 2.27. The number of nitrogens with zero attached hydrogens (tertiary/aromatic N) is 5. The maximum absolute atomic E-state index is 13.4. The van der Waals surface area contributed by atoms with Gasteiger partial charge in [0.15, 0.2) is 11.5 Å². The lowest BCUT2D eigenvalue weighted by Crippen LogP contribution is -2.42. The van der Waals surface area contributed by atoms with Crippen molar-refractivity contribution in [2.45, 2.75) is 18.9 Å². The van der Waals surface area contributed by atoms with Crippen LogP contribution in [0.4, 0.5) is 5.82 Å². The number of likely N-dealkylation sites (tertiary alicyclic amines) is 1. The number of fused-ring (bicyclic) bond motifs is 1. The number of piperidine rings is 1. The Morgan fingerprint density at radius 3 is 2.75 bits per heavy atom. The van der Waals surface area contributed by atoms with Gasteiger partial charge in [-0.25, -0.2) is 14.8 Å². The third kappa shape index (κ3) is 2.95. The van der Waals surface area contributed by atoms with E-state index in [9.17, 15) is 9.59 Å². The summed E-state index contributed by atoms with van der Waals surface area (Å²) in [5.41, 5.74) is 7.35. The normalized spacial score (nSPS) is 17.0. The second kappa shape index (κ2) is 7.12. The first-order valence-electron chi connectivity index (χ1n) is 8.92. The molecule has 1 aromatic carbocycles. The molecular weight excluding hydrogens is 380 g/mol. The lowest BCUT2D eigenvalue weighted by Gasteiger charge is -2.32. The van der Waals surface area contributed by atoms with Gasteiger partial charge in [-0.3, -0.25) is 13.9 Å². The Bertz CT molecular complexity index is 1120. The van der Waals surface area contributed by atoms with E-state index in [1.54, 1.807) is 33.7 Å². The van der Waals surface area contributed by atoms with Gasteiger partial charge in [-0.05, 0) is 43.2 Å². The van der Waals surface area contributed by atoms with Crippen LogP contribution in [0.25, 0.3) is 16.9 Å². The number of hydrogen-bond acceptors (Lipinski definition) is 5. The van der Waals surface area contributed by atoms with Crippen molar-refractivity contribution in [3.63, 3.8) is 0 Å². The first-order valence-corrected chi connectivity index (χ1v) is 9.29. The fourth-order valence-electron chi connectivity index (χ4n) is 3.72. The number of halogens is 1. The Hall–Kier alpha value is -3.13. The van der Waals surface area contributed by atoms with E-state index in [1.807, 2.05) is 0 Å². The van der Waals surface area contributed by atoms with Crippen molar-refractivity contribution in [2.75, 3.05) is 18.8 Å². The Morgan fingerprint density at radius 2 is 2.04 bits per heavy atom. The van der Waals surface area contributed by atoms with E-state index < -0.39 is 0 Å². The van der Waals surface area contributed by atoms with Crippen LogP contribution in [0.15, 0.2) is 48.0 Å². The van der Waals surface area contributed by atoms with E-state index in [2.05, 4.69) is 16.5 Å².